The molecule has 0 aromatic heterocycles. The quantitative estimate of drug-likeness (QED) is 0.701. The number of aryl methyl sites for hydroxylation is 2. The van der Waals surface area contributed by atoms with Crippen LogP contribution in [0.1, 0.15) is 28.3 Å². The number of halogens is 3. The van der Waals surface area contributed by atoms with E-state index in [2.05, 4.69) is 37.9 Å². The fourth-order valence-electron chi connectivity index (χ4n) is 1.95. The third kappa shape index (κ3) is 3.22. The molecule has 4 heteroatoms. The van der Waals surface area contributed by atoms with Crippen molar-refractivity contribution >= 4 is 43.5 Å². The van der Waals surface area contributed by atoms with Gasteiger partial charge >= 0.3 is 0 Å². The zero-order valence-corrected chi connectivity index (χ0v) is 14.6. The summed E-state index contributed by atoms with van der Waals surface area (Å²) in [6.45, 7) is 4.06. The van der Waals surface area contributed by atoms with E-state index in [9.17, 15) is 0 Å². The Bertz CT molecular complexity index is 626. The van der Waals surface area contributed by atoms with E-state index in [0.29, 0.717) is 5.02 Å². The summed E-state index contributed by atoms with van der Waals surface area (Å²) in [6, 6.07) is 9.80. The van der Waals surface area contributed by atoms with E-state index in [1.165, 1.54) is 0 Å². The Morgan fingerprint density at radius 3 is 2.32 bits per heavy atom. The van der Waals surface area contributed by atoms with E-state index in [-0.39, 0.29) is 6.04 Å². The van der Waals surface area contributed by atoms with Crippen molar-refractivity contribution in [1.82, 2.24) is 0 Å². The van der Waals surface area contributed by atoms with E-state index in [1.54, 1.807) is 0 Å². The highest BCUT2D eigenvalue weighted by Gasteiger charge is 2.16. The van der Waals surface area contributed by atoms with Gasteiger partial charge in [0.15, 0.2) is 0 Å². The molecule has 0 bridgehead atoms. The summed E-state index contributed by atoms with van der Waals surface area (Å²) in [5, 5.41) is 0.705. The van der Waals surface area contributed by atoms with Crippen molar-refractivity contribution in [3.05, 3.63) is 66.6 Å². The Morgan fingerprint density at radius 1 is 1.00 bits per heavy atom. The maximum atomic E-state index is 6.35. The molecular formula is C15H14Br2ClN. The minimum Gasteiger partial charge on any atom is -0.320 e. The Hall–Kier alpha value is -0.350. The molecule has 1 atom stereocenters. The smallest absolute Gasteiger partial charge is 0.0578 e. The number of benzene rings is 2. The fourth-order valence-corrected chi connectivity index (χ4v) is 3.37. The number of hydrogen-bond acceptors (Lipinski definition) is 1. The molecule has 0 aliphatic rings. The van der Waals surface area contributed by atoms with E-state index in [1.807, 2.05) is 38.1 Å². The molecule has 0 aliphatic carbocycles. The zero-order valence-electron chi connectivity index (χ0n) is 10.7. The van der Waals surface area contributed by atoms with Gasteiger partial charge in [-0.2, -0.15) is 0 Å². The summed E-state index contributed by atoms with van der Waals surface area (Å²) in [4.78, 5) is 0. The summed E-state index contributed by atoms with van der Waals surface area (Å²) in [5.41, 5.74) is 10.6. The van der Waals surface area contributed by atoms with Gasteiger partial charge in [0.2, 0.25) is 0 Å². The van der Waals surface area contributed by atoms with Gasteiger partial charge in [0.1, 0.15) is 0 Å². The van der Waals surface area contributed by atoms with Crippen LogP contribution < -0.4 is 5.73 Å². The van der Waals surface area contributed by atoms with Crippen LogP contribution >= 0.6 is 43.5 Å². The normalized spacial score (nSPS) is 12.5. The lowest BCUT2D eigenvalue weighted by molar-refractivity contribution is 0.863. The third-order valence-electron chi connectivity index (χ3n) is 3.10. The predicted octanol–water partition coefficient (Wildman–Crippen LogP) is 5.53. The van der Waals surface area contributed by atoms with Crippen LogP contribution in [0, 0.1) is 13.8 Å². The lowest BCUT2D eigenvalue weighted by Crippen LogP contribution is -2.13. The molecule has 0 spiro atoms. The molecular weight excluding hydrogens is 389 g/mol. The predicted molar refractivity (Wildman–Crippen MR) is 88.8 cm³/mol. The van der Waals surface area contributed by atoms with Gasteiger partial charge in [0.05, 0.1) is 6.04 Å². The Labute approximate surface area is 135 Å². The van der Waals surface area contributed by atoms with Crippen LogP contribution in [-0.2, 0) is 0 Å². The summed E-state index contributed by atoms with van der Waals surface area (Å²) in [6.07, 6.45) is 0. The second-order valence-corrected chi connectivity index (χ2v) is 6.74. The molecule has 0 saturated heterocycles. The average Bonchev–Trinajstić information content (AvgIpc) is 2.33. The van der Waals surface area contributed by atoms with Crippen molar-refractivity contribution < 1.29 is 0 Å². The highest BCUT2D eigenvalue weighted by Crippen LogP contribution is 2.34. The topological polar surface area (TPSA) is 26.0 Å². The van der Waals surface area contributed by atoms with Crippen molar-refractivity contribution in [2.75, 3.05) is 0 Å². The van der Waals surface area contributed by atoms with E-state index >= 15 is 0 Å². The standard InChI is InChI=1S/C15H14Br2ClN/c1-8-3-4-10(14(18)5-8)15(19)11-7-12(16)9(2)6-13(11)17/h3-7,15H,19H2,1-2H3. The van der Waals surface area contributed by atoms with Crippen molar-refractivity contribution in [2.24, 2.45) is 5.73 Å². The van der Waals surface area contributed by atoms with Gasteiger partial charge in [0, 0.05) is 14.0 Å². The summed E-state index contributed by atoms with van der Waals surface area (Å²) in [5.74, 6) is 0. The first kappa shape index (κ1) is 15.0. The van der Waals surface area contributed by atoms with Crippen molar-refractivity contribution in [3.8, 4) is 0 Å². The van der Waals surface area contributed by atoms with Gasteiger partial charge in [-0.05, 0) is 54.3 Å². The van der Waals surface area contributed by atoms with Crippen LogP contribution in [0.25, 0.3) is 0 Å². The lowest BCUT2D eigenvalue weighted by atomic mass is 9.98. The SMILES string of the molecule is Cc1ccc(C(N)c2cc(Br)c(C)cc2Br)c(Cl)c1. The van der Waals surface area contributed by atoms with E-state index < -0.39 is 0 Å². The Balaban J connectivity index is 2.49. The molecule has 2 aromatic carbocycles. The van der Waals surface area contributed by atoms with Crippen LogP contribution in [0.15, 0.2) is 39.3 Å². The second kappa shape index (κ2) is 5.96. The van der Waals surface area contributed by atoms with Gasteiger partial charge in [-0.15, -0.1) is 0 Å². The minimum absolute atomic E-state index is 0.251. The monoisotopic (exact) mass is 401 g/mol. The average molecular weight is 404 g/mol. The molecule has 1 unspecified atom stereocenters. The molecule has 0 amide bonds. The molecule has 100 valence electrons. The lowest BCUT2D eigenvalue weighted by Gasteiger charge is -2.17. The van der Waals surface area contributed by atoms with Crippen molar-refractivity contribution in [2.45, 2.75) is 19.9 Å². The summed E-state index contributed by atoms with van der Waals surface area (Å²) in [7, 11) is 0. The molecule has 2 rings (SSSR count). The summed E-state index contributed by atoms with van der Waals surface area (Å²) < 4.78 is 2.04. The molecule has 0 fully saturated rings. The van der Waals surface area contributed by atoms with Crippen LogP contribution in [0.2, 0.25) is 5.02 Å². The molecule has 0 heterocycles. The van der Waals surface area contributed by atoms with Crippen LogP contribution in [0.4, 0.5) is 0 Å². The molecule has 0 saturated carbocycles. The van der Waals surface area contributed by atoms with Gasteiger partial charge in [-0.3, -0.25) is 0 Å². The first-order valence-corrected chi connectivity index (χ1v) is 7.83. The first-order valence-electron chi connectivity index (χ1n) is 5.87. The molecule has 0 aliphatic heterocycles. The van der Waals surface area contributed by atoms with Crippen molar-refractivity contribution in [1.29, 1.82) is 0 Å². The number of nitrogens with two attached hydrogens (primary N) is 1. The minimum atomic E-state index is -0.251. The first-order chi connectivity index (χ1) is 8.90. The van der Waals surface area contributed by atoms with E-state index in [0.717, 1.165) is 31.2 Å². The molecule has 0 radical (unpaired) electrons. The van der Waals surface area contributed by atoms with Crippen molar-refractivity contribution in [3.63, 3.8) is 0 Å². The molecule has 2 aromatic rings. The molecule has 1 nitrogen and oxygen atoms in total. The molecule has 19 heavy (non-hydrogen) atoms. The Morgan fingerprint density at radius 2 is 1.68 bits per heavy atom. The van der Waals surface area contributed by atoms with Gasteiger partial charge in [-0.1, -0.05) is 55.6 Å². The van der Waals surface area contributed by atoms with Crippen LogP contribution in [0.3, 0.4) is 0 Å². The summed E-state index contributed by atoms with van der Waals surface area (Å²) >= 11 is 13.4. The number of hydrogen-bond donors (Lipinski definition) is 1. The van der Waals surface area contributed by atoms with Crippen LogP contribution in [0.5, 0.6) is 0 Å². The largest absolute Gasteiger partial charge is 0.320 e. The van der Waals surface area contributed by atoms with E-state index in [4.69, 9.17) is 17.3 Å². The fraction of sp³-hybridized carbons (Fsp3) is 0.200. The number of rotatable bonds is 2. The highest BCUT2D eigenvalue weighted by atomic mass is 79.9. The van der Waals surface area contributed by atoms with Gasteiger partial charge in [0.25, 0.3) is 0 Å². The second-order valence-electron chi connectivity index (χ2n) is 4.63. The Kier molecular flexibility index (Phi) is 4.72. The zero-order chi connectivity index (χ0) is 14.2. The van der Waals surface area contributed by atoms with Gasteiger partial charge in [-0.25, -0.2) is 0 Å². The maximum Gasteiger partial charge on any atom is 0.0578 e. The molecule has 2 N–H and O–H groups in total. The van der Waals surface area contributed by atoms with Crippen LogP contribution in [-0.4, -0.2) is 0 Å². The van der Waals surface area contributed by atoms with Gasteiger partial charge < -0.3 is 5.73 Å². The highest BCUT2D eigenvalue weighted by molar-refractivity contribution is 9.11. The third-order valence-corrected chi connectivity index (χ3v) is 4.97. The maximum absolute atomic E-state index is 6.35.